The maximum atomic E-state index is 5.42. The topological polar surface area (TPSA) is 66.6 Å². The lowest BCUT2D eigenvalue weighted by molar-refractivity contribution is 0.415. The Kier molecular flexibility index (Phi) is 6.65. The Bertz CT molecular complexity index is 1690. The number of unbranched alkanes of at least 4 members (excludes halogenated alkanes) is 3. The van der Waals surface area contributed by atoms with Gasteiger partial charge in [0.1, 0.15) is 5.75 Å². The number of rotatable bonds is 7. The van der Waals surface area contributed by atoms with Crippen LogP contribution in [0.5, 0.6) is 5.75 Å². The van der Waals surface area contributed by atoms with Crippen LogP contribution in [0.25, 0.3) is 57.5 Å². The summed E-state index contributed by atoms with van der Waals surface area (Å²) in [6.07, 6.45) is 14.3. The van der Waals surface area contributed by atoms with Crippen LogP contribution in [-0.2, 0) is 6.42 Å². The summed E-state index contributed by atoms with van der Waals surface area (Å²) in [5.74, 6) is 0.833. The Morgan fingerprint density at radius 2 is 1.39 bits per heavy atom. The number of hydrogen-bond acceptors (Lipinski definition) is 3. The standard InChI is InChI=1S/C33H32N4O/c1-3-4-5-6-7-28-29-16-12-25(35-29)20-23-10-11-24(34-23)21-26-13-17-31(36-26)33(32-19-18-30(28)37-32)22-8-14-27(38-2)15-9-22/h8-21,34,36H,3-7H2,1-2H3. The number of benzene rings is 1. The zero-order valence-electron chi connectivity index (χ0n) is 21.9. The molecule has 0 saturated heterocycles. The van der Waals surface area contributed by atoms with Crippen LogP contribution in [-0.4, -0.2) is 27.0 Å². The molecule has 8 bridgehead atoms. The minimum atomic E-state index is 0.833. The number of aromatic nitrogens is 4. The Balaban J connectivity index is 1.63. The van der Waals surface area contributed by atoms with Gasteiger partial charge in [0.15, 0.2) is 0 Å². The molecule has 5 heteroatoms. The highest BCUT2D eigenvalue weighted by Gasteiger charge is 2.15. The molecule has 0 unspecified atom stereocenters. The Labute approximate surface area is 223 Å². The minimum absolute atomic E-state index is 0.833. The zero-order chi connectivity index (χ0) is 25.9. The molecule has 3 aromatic heterocycles. The van der Waals surface area contributed by atoms with Crippen molar-refractivity contribution in [3.05, 3.63) is 89.0 Å². The van der Waals surface area contributed by atoms with Gasteiger partial charge < -0.3 is 14.7 Å². The van der Waals surface area contributed by atoms with E-state index in [4.69, 9.17) is 14.7 Å². The van der Waals surface area contributed by atoms with Gasteiger partial charge in [0.05, 0.1) is 29.9 Å². The molecule has 2 aliphatic heterocycles. The van der Waals surface area contributed by atoms with E-state index in [2.05, 4.69) is 89.7 Å². The van der Waals surface area contributed by atoms with E-state index in [1.54, 1.807) is 7.11 Å². The first-order chi connectivity index (χ1) is 18.7. The van der Waals surface area contributed by atoms with E-state index in [9.17, 15) is 0 Å². The third kappa shape index (κ3) is 4.92. The number of ether oxygens (including phenoxy) is 1. The van der Waals surface area contributed by atoms with Crippen molar-refractivity contribution >= 4 is 46.4 Å². The summed E-state index contributed by atoms with van der Waals surface area (Å²) >= 11 is 0. The maximum Gasteiger partial charge on any atom is 0.118 e. The second kappa shape index (κ2) is 10.5. The number of aromatic amines is 2. The smallest absolute Gasteiger partial charge is 0.118 e. The van der Waals surface area contributed by atoms with Gasteiger partial charge in [-0.15, -0.1) is 0 Å². The van der Waals surface area contributed by atoms with Crippen molar-refractivity contribution in [2.75, 3.05) is 7.11 Å². The quantitative estimate of drug-likeness (QED) is 0.216. The van der Waals surface area contributed by atoms with Crippen LogP contribution >= 0.6 is 0 Å². The average molecular weight is 501 g/mol. The summed E-state index contributed by atoms with van der Waals surface area (Å²) in [5, 5.41) is 0. The summed E-state index contributed by atoms with van der Waals surface area (Å²) < 4.78 is 5.42. The van der Waals surface area contributed by atoms with Gasteiger partial charge in [-0.25, -0.2) is 9.97 Å². The third-order valence-corrected chi connectivity index (χ3v) is 7.16. The van der Waals surface area contributed by atoms with Crippen LogP contribution in [0.3, 0.4) is 0 Å². The first kappa shape index (κ1) is 24.0. The van der Waals surface area contributed by atoms with E-state index in [0.717, 1.165) is 74.6 Å². The lowest BCUT2D eigenvalue weighted by Gasteiger charge is -2.06. The third-order valence-electron chi connectivity index (χ3n) is 7.16. The molecule has 0 atom stereocenters. The van der Waals surface area contributed by atoms with Crippen LogP contribution in [0, 0.1) is 0 Å². The van der Waals surface area contributed by atoms with E-state index < -0.39 is 0 Å². The molecule has 4 aromatic rings. The van der Waals surface area contributed by atoms with Crippen LogP contribution in [0.2, 0.25) is 0 Å². The summed E-state index contributed by atoms with van der Waals surface area (Å²) in [6.45, 7) is 2.25. The van der Waals surface area contributed by atoms with E-state index in [1.807, 2.05) is 12.1 Å². The molecular formula is C33H32N4O. The molecule has 190 valence electrons. The van der Waals surface area contributed by atoms with Crippen molar-refractivity contribution in [1.82, 2.24) is 19.9 Å². The largest absolute Gasteiger partial charge is 0.497 e. The van der Waals surface area contributed by atoms with E-state index in [1.165, 1.54) is 24.8 Å². The average Bonchev–Trinajstić information content (AvgIpc) is 3.75. The molecule has 0 radical (unpaired) electrons. The van der Waals surface area contributed by atoms with Gasteiger partial charge in [-0.2, -0.15) is 0 Å². The molecule has 1 aromatic carbocycles. The molecule has 0 fully saturated rings. The molecule has 2 aliphatic rings. The number of fused-ring (bicyclic) bond motifs is 8. The van der Waals surface area contributed by atoms with Crippen molar-refractivity contribution < 1.29 is 4.74 Å². The molecule has 0 spiro atoms. The normalized spacial score (nSPS) is 12.3. The first-order valence-corrected chi connectivity index (χ1v) is 13.4. The highest BCUT2D eigenvalue weighted by molar-refractivity contribution is 5.91. The van der Waals surface area contributed by atoms with E-state index in [-0.39, 0.29) is 0 Å². The fourth-order valence-corrected chi connectivity index (χ4v) is 5.18. The molecule has 6 rings (SSSR count). The SMILES string of the molecule is CCCCCCc1c2nc(cc3ccc(cc4ccc([nH]4)c(-c4ccc(OC)cc4)c4nc1C=C4)[nH]3)C=C2. The molecule has 0 amide bonds. The lowest BCUT2D eigenvalue weighted by atomic mass is 10.0. The Morgan fingerprint density at radius 1 is 0.684 bits per heavy atom. The van der Waals surface area contributed by atoms with Crippen LogP contribution < -0.4 is 4.74 Å². The van der Waals surface area contributed by atoms with E-state index >= 15 is 0 Å². The van der Waals surface area contributed by atoms with Gasteiger partial charge in [0.2, 0.25) is 0 Å². The number of nitrogens with one attached hydrogen (secondary N) is 2. The van der Waals surface area contributed by atoms with Gasteiger partial charge in [-0.05, 0) is 91.2 Å². The zero-order valence-corrected chi connectivity index (χ0v) is 21.9. The predicted molar refractivity (Wildman–Crippen MR) is 159 cm³/mol. The molecule has 38 heavy (non-hydrogen) atoms. The molecule has 5 heterocycles. The Hall–Kier alpha value is -4.38. The predicted octanol–water partition coefficient (Wildman–Crippen LogP) is 8.45. The first-order valence-electron chi connectivity index (χ1n) is 13.4. The lowest BCUT2D eigenvalue weighted by Crippen LogP contribution is -1.95. The Morgan fingerprint density at radius 3 is 2.21 bits per heavy atom. The summed E-state index contributed by atoms with van der Waals surface area (Å²) in [5.41, 5.74) is 11.4. The number of H-pyrrole nitrogens is 2. The van der Waals surface area contributed by atoms with Gasteiger partial charge in [0.25, 0.3) is 0 Å². The number of nitrogens with zero attached hydrogens (tertiary/aromatic N) is 2. The molecule has 2 N–H and O–H groups in total. The second-order valence-electron chi connectivity index (χ2n) is 9.85. The summed E-state index contributed by atoms with van der Waals surface area (Å²) in [4.78, 5) is 17.3. The fourth-order valence-electron chi connectivity index (χ4n) is 5.18. The molecule has 0 saturated carbocycles. The van der Waals surface area contributed by atoms with Gasteiger partial charge in [-0.1, -0.05) is 38.3 Å². The number of methoxy groups -OCH3 is 1. The van der Waals surface area contributed by atoms with Crippen molar-refractivity contribution in [1.29, 1.82) is 0 Å². The van der Waals surface area contributed by atoms with Crippen LogP contribution in [0.15, 0.2) is 60.7 Å². The highest BCUT2D eigenvalue weighted by atomic mass is 16.5. The highest BCUT2D eigenvalue weighted by Crippen LogP contribution is 2.32. The maximum absolute atomic E-state index is 5.42. The van der Waals surface area contributed by atoms with Crippen LogP contribution in [0.4, 0.5) is 0 Å². The van der Waals surface area contributed by atoms with Crippen molar-refractivity contribution in [3.8, 4) is 16.9 Å². The number of hydrogen-bond donors (Lipinski definition) is 2. The van der Waals surface area contributed by atoms with Crippen molar-refractivity contribution in [2.45, 2.75) is 39.0 Å². The van der Waals surface area contributed by atoms with Crippen molar-refractivity contribution in [3.63, 3.8) is 0 Å². The van der Waals surface area contributed by atoms with Crippen molar-refractivity contribution in [2.24, 2.45) is 0 Å². The van der Waals surface area contributed by atoms with Gasteiger partial charge >= 0.3 is 0 Å². The van der Waals surface area contributed by atoms with Gasteiger partial charge in [0, 0.05) is 33.2 Å². The van der Waals surface area contributed by atoms with Gasteiger partial charge in [-0.3, -0.25) is 0 Å². The van der Waals surface area contributed by atoms with E-state index in [0.29, 0.717) is 0 Å². The summed E-state index contributed by atoms with van der Waals surface area (Å²) in [7, 11) is 1.69. The fraction of sp³-hybridized carbons (Fsp3) is 0.212. The minimum Gasteiger partial charge on any atom is -0.497 e. The molecule has 0 aliphatic carbocycles. The monoisotopic (exact) mass is 500 g/mol. The second-order valence-corrected chi connectivity index (χ2v) is 9.85. The summed E-state index contributed by atoms with van der Waals surface area (Å²) in [6, 6.07) is 20.8. The molecule has 5 nitrogen and oxygen atoms in total. The van der Waals surface area contributed by atoms with Crippen LogP contribution in [0.1, 0.15) is 60.9 Å². The molecular weight excluding hydrogens is 468 g/mol.